The van der Waals surface area contributed by atoms with Crippen LogP contribution in [0.3, 0.4) is 0 Å². The lowest BCUT2D eigenvalue weighted by Crippen LogP contribution is -2.25. The number of hydrogen-bond acceptors (Lipinski definition) is 6. The normalized spacial score (nSPS) is 14.5. The van der Waals surface area contributed by atoms with E-state index in [0.717, 1.165) is 23.4 Å². The van der Waals surface area contributed by atoms with Crippen LogP contribution >= 0.6 is 11.6 Å². The summed E-state index contributed by atoms with van der Waals surface area (Å²) in [6.07, 6.45) is 2.09. The van der Waals surface area contributed by atoms with Crippen molar-refractivity contribution in [1.82, 2.24) is 14.9 Å². The number of nitrogens with zero attached hydrogens (tertiary/aromatic N) is 3. The molecule has 1 aliphatic heterocycles. The third kappa shape index (κ3) is 5.43. The summed E-state index contributed by atoms with van der Waals surface area (Å²) in [5.74, 6) is 0.883. The molecule has 35 heavy (non-hydrogen) atoms. The molecule has 2 heterocycles. The van der Waals surface area contributed by atoms with Gasteiger partial charge in [0.2, 0.25) is 0 Å². The molecule has 1 N–H and O–H groups in total. The first-order valence-electron chi connectivity index (χ1n) is 11.2. The molecule has 1 unspecified atom stereocenters. The SMILES string of the molecule is OC(c1ccc2c(c1)CN(Cc1ccc(Oc3ncccn3)cc1)CCO2)c1c(F)cccc1Cl. The molecule has 0 spiro atoms. The number of benzene rings is 3. The Kier molecular flexibility index (Phi) is 6.90. The van der Waals surface area contributed by atoms with Crippen LogP contribution in [-0.4, -0.2) is 33.1 Å². The zero-order valence-corrected chi connectivity index (χ0v) is 19.5. The van der Waals surface area contributed by atoms with E-state index in [-0.39, 0.29) is 10.6 Å². The summed E-state index contributed by atoms with van der Waals surface area (Å²) in [5, 5.41) is 11.0. The Balaban J connectivity index is 1.30. The van der Waals surface area contributed by atoms with Crippen molar-refractivity contribution in [3.05, 3.63) is 112 Å². The van der Waals surface area contributed by atoms with Crippen molar-refractivity contribution in [2.75, 3.05) is 13.2 Å². The maximum atomic E-state index is 14.4. The van der Waals surface area contributed by atoms with E-state index in [9.17, 15) is 9.50 Å². The molecule has 3 aromatic carbocycles. The lowest BCUT2D eigenvalue weighted by atomic mass is 9.98. The van der Waals surface area contributed by atoms with Crippen molar-refractivity contribution in [2.24, 2.45) is 0 Å². The number of fused-ring (bicyclic) bond motifs is 1. The maximum Gasteiger partial charge on any atom is 0.321 e. The van der Waals surface area contributed by atoms with Gasteiger partial charge < -0.3 is 14.6 Å². The van der Waals surface area contributed by atoms with E-state index in [1.807, 2.05) is 36.4 Å². The summed E-state index contributed by atoms with van der Waals surface area (Å²) < 4.78 is 25.9. The van der Waals surface area contributed by atoms with Crippen molar-refractivity contribution in [2.45, 2.75) is 19.2 Å². The number of aliphatic hydroxyl groups excluding tert-OH is 1. The number of aromatic nitrogens is 2. The molecular weight excluding hydrogens is 469 g/mol. The lowest BCUT2D eigenvalue weighted by molar-refractivity contribution is 0.214. The number of aliphatic hydroxyl groups is 1. The van der Waals surface area contributed by atoms with Crippen LogP contribution in [0.25, 0.3) is 0 Å². The topological polar surface area (TPSA) is 67.7 Å². The first-order chi connectivity index (χ1) is 17.1. The molecule has 5 rings (SSSR count). The minimum absolute atomic E-state index is 0.0729. The summed E-state index contributed by atoms with van der Waals surface area (Å²) in [7, 11) is 0. The molecule has 0 amide bonds. The average molecular weight is 492 g/mol. The fraction of sp³-hybridized carbons (Fsp3) is 0.185. The summed E-state index contributed by atoms with van der Waals surface area (Å²) in [4.78, 5) is 10.4. The third-order valence-corrected chi connectivity index (χ3v) is 6.14. The van der Waals surface area contributed by atoms with Crippen LogP contribution in [0.2, 0.25) is 5.02 Å². The Morgan fingerprint density at radius 2 is 1.86 bits per heavy atom. The van der Waals surface area contributed by atoms with E-state index in [0.29, 0.717) is 37.0 Å². The van der Waals surface area contributed by atoms with Crippen molar-refractivity contribution in [3.63, 3.8) is 0 Å². The van der Waals surface area contributed by atoms with Gasteiger partial charge in [0, 0.05) is 48.2 Å². The predicted octanol–water partition coefficient (Wildman–Crippen LogP) is 5.54. The van der Waals surface area contributed by atoms with Gasteiger partial charge in [-0.25, -0.2) is 14.4 Å². The molecule has 0 saturated carbocycles. The highest BCUT2D eigenvalue weighted by Gasteiger charge is 2.22. The van der Waals surface area contributed by atoms with Crippen LogP contribution in [0, 0.1) is 5.82 Å². The van der Waals surface area contributed by atoms with Crippen LogP contribution in [0.4, 0.5) is 4.39 Å². The van der Waals surface area contributed by atoms with Gasteiger partial charge in [-0.05, 0) is 53.6 Å². The molecule has 178 valence electrons. The van der Waals surface area contributed by atoms with Gasteiger partial charge in [0.1, 0.15) is 30.0 Å². The van der Waals surface area contributed by atoms with Gasteiger partial charge in [0.05, 0.1) is 0 Å². The Morgan fingerprint density at radius 1 is 1.06 bits per heavy atom. The maximum absolute atomic E-state index is 14.4. The highest BCUT2D eigenvalue weighted by Crippen LogP contribution is 2.34. The zero-order chi connectivity index (χ0) is 24.2. The number of hydrogen-bond donors (Lipinski definition) is 1. The number of rotatable bonds is 6. The molecule has 0 radical (unpaired) electrons. The van der Waals surface area contributed by atoms with Gasteiger partial charge in [-0.15, -0.1) is 0 Å². The molecule has 0 fully saturated rings. The summed E-state index contributed by atoms with van der Waals surface area (Å²) >= 11 is 6.16. The first kappa shape index (κ1) is 23.2. The number of ether oxygens (including phenoxy) is 2. The standard InChI is InChI=1S/C27H23ClFN3O3/c28-22-3-1-4-23(29)25(22)26(33)19-7-10-24-20(15-19)17-32(13-14-34-24)16-18-5-8-21(9-6-18)35-27-30-11-2-12-31-27/h1-12,15,26,33H,13-14,16-17H2. The molecule has 6 nitrogen and oxygen atoms in total. The van der Waals surface area contributed by atoms with Gasteiger partial charge in [-0.3, -0.25) is 4.90 Å². The molecule has 0 bridgehead atoms. The zero-order valence-electron chi connectivity index (χ0n) is 18.8. The summed E-state index contributed by atoms with van der Waals surface area (Å²) in [5.41, 5.74) is 2.67. The quantitative estimate of drug-likeness (QED) is 0.382. The molecule has 1 atom stereocenters. The van der Waals surface area contributed by atoms with E-state index in [1.165, 1.54) is 12.1 Å². The molecule has 0 aliphatic carbocycles. The Morgan fingerprint density at radius 3 is 2.63 bits per heavy atom. The highest BCUT2D eigenvalue weighted by molar-refractivity contribution is 6.31. The Bertz CT molecular complexity index is 1280. The first-order valence-corrected chi connectivity index (χ1v) is 11.6. The number of halogens is 2. The van der Waals surface area contributed by atoms with Crippen molar-refractivity contribution < 1.29 is 19.0 Å². The summed E-state index contributed by atoms with van der Waals surface area (Å²) in [6, 6.07) is 19.6. The van der Waals surface area contributed by atoms with E-state index in [4.69, 9.17) is 21.1 Å². The fourth-order valence-corrected chi connectivity index (χ4v) is 4.34. The van der Waals surface area contributed by atoms with Crippen molar-refractivity contribution in [1.29, 1.82) is 0 Å². The van der Waals surface area contributed by atoms with Crippen LogP contribution in [-0.2, 0) is 13.1 Å². The smallest absolute Gasteiger partial charge is 0.321 e. The van der Waals surface area contributed by atoms with Gasteiger partial charge in [-0.2, -0.15) is 0 Å². The van der Waals surface area contributed by atoms with Crippen LogP contribution in [0.15, 0.2) is 79.1 Å². The Labute approximate surface area is 207 Å². The van der Waals surface area contributed by atoms with E-state index in [1.54, 1.807) is 30.6 Å². The van der Waals surface area contributed by atoms with Gasteiger partial charge in [0.25, 0.3) is 0 Å². The highest BCUT2D eigenvalue weighted by atomic mass is 35.5. The van der Waals surface area contributed by atoms with Gasteiger partial charge in [0.15, 0.2) is 0 Å². The molecular formula is C27H23ClFN3O3. The Hall–Kier alpha value is -3.52. The van der Waals surface area contributed by atoms with Crippen LogP contribution < -0.4 is 9.47 Å². The second kappa shape index (κ2) is 10.4. The van der Waals surface area contributed by atoms with E-state index in [2.05, 4.69) is 14.9 Å². The summed E-state index contributed by atoms with van der Waals surface area (Å²) in [6.45, 7) is 2.61. The van der Waals surface area contributed by atoms with Crippen LogP contribution in [0.5, 0.6) is 17.5 Å². The minimum atomic E-state index is -1.17. The van der Waals surface area contributed by atoms with Gasteiger partial charge in [-0.1, -0.05) is 35.9 Å². The molecule has 8 heteroatoms. The fourth-order valence-electron chi connectivity index (χ4n) is 4.08. The molecule has 1 aliphatic rings. The van der Waals surface area contributed by atoms with E-state index < -0.39 is 11.9 Å². The molecule has 1 aromatic heterocycles. The van der Waals surface area contributed by atoms with Crippen molar-refractivity contribution >= 4 is 11.6 Å². The predicted molar refractivity (Wildman–Crippen MR) is 130 cm³/mol. The average Bonchev–Trinajstić information content (AvgIpc) is 3.07. The molecule has 0 saturated heterocycles. The minimum Gasteiger partial charge on any atom is -0.492 e. The second-order valence-electron chi connectivity index (χ2n) is 8.24. The van der Waals surface area contributed by atoms with Crippen LogP contribution in [0.1, 0.15) is 28.4 Å². The monoisotopic (exact) mass is 491 g/mol. The van der Waals surface area contributed by atoms with Crippen molar-refractivity contribution in [3.8, 4) is 17.5 Å². The largest absolute Gasteiger partial charge is 0.492 e. The van der Waals surface area contributed by atoms with Gasteiger partial charge >= 0.3 is 6.01 Å². The molecule has 4 aromatic rings. The second-order valence-corrected chi connectivity index (χ2v) is 8.65. The lowest BCUT2D eigenvalue weighted by Gasteiger charge is -2.20. The van der Waals surface area contributed by atoms with E-state index >= 15 is 0 Å². The third-order valence-electron chi connectivity index (χ3n) is 5.81.